The van der Waals surface area contributed by atoms with E-state index >= 15 is 0 Å². The molecule has 0 aliphatic carbocycles. The molecule has 1 aliphatic rings. The first kappa shape index (κ1) is 11.6. The summed E-state index contributed by atoms with van der Waals surface area (Å²) in [7, 11) is 0. The molecule has 17 heavy (non-hydrogen) atoms. The Labute approximate surface area is 97.3 Å². The maximum absolute atomic E-state index is 11.7. The van der Waals surface area contributed by atoms with Gasteiger partial charge in [-0.25, -0.2) is 5.06 Å². The predicted octanol–water partition coefficient (Wildman–Crippen LogP) is -1.12. The molecule has 1 aromatic heterocycles. The van der Waals surface area contributed by atoms with Gasteiger partial charge >= 0.3 is 0 Å². The molecule has 2 rings (SSSR count). The van der Waals surface area contributed by atoms with Crippen LogP contribution in [0.1, 0.15) is 10.4 Å². The van der Waals surface area contributed by atoms with E-state index in [1.807, 2.05) is 0 Å². The van der Waals surface area contributed by atoms with Gasteiger partial charge in [-0.05, 0) is 6.07 Å². The molecule has 0 spiro atoms. The maximum Gasteiger partial charge on any atom is 0.271 e. The molecule has 0 aromatic carbocycles. The summed E-state index contributed by atoms with van der Waals surface area (Å²) in [6.07, 6.45) is 3.17. The highest BCUT2D eigenvalue weighted by atomic mass is 16.7. The Morgan fingerprint density at radius 2 is 2.53 bits per heavy atom. The van der Waals surface area contributed by atoms with Crippen molar-refractivity contribution < 1.29 is 19.5 Å². The van der Waals surface area contributed by atoms with Crippen molar-refractivity contribution >= 4 is 11.8 Å². The molecule has 1 atom stereocenters. The molecule has 1 saturated heterocycles. The van der Waals surface area contributed by atoms with Crippen molar-refractivity contribution in [1.29, 1.82) is 0 Å². The molecule has 7 nitrogen and oxygen atoms in total. The van der Waals surface area contributed by atoms with Crippen molar-refractivity contribution in [1.82, 2.24) is 15.4 Å². The van der Waals surface area contributed by atoms with E-state index in [1.165, 1.54) is 0 Å². The molecule has 0 bridgehead atoms. The van der Waals surface area contributed by atoms with E-state index in [4.69, 9.17) is 9.94 Å². The van der Waals surface area contributed by atoms with E-state index in [-0.39, 0.29) is 31.6 Å². The van der Waals surface area contributed by atoms with E-state index in [0.717, 1.165) is 5.06 Å². The summed E-state index contributed by atoms with van der Waals surface area (Å²) < 4.78 is 0. The molecular formula is C10H13N3O4. The number of aromatic amines is 1. The first-order valence-electron chi connectivity index (χ1n) is 5.21. The van der Waals surface area contributed by atoms with Gasteiger partial charge in [0.2, 0.25) is 0 Å². The minimum atomic E-state index is -0.691. The third-order valence-corrected chi connectivity index (χ3v) is 2.41. The Hall–Kier alpha value is -1.86. The molecule has 92 valence electrons. The number of β-amino-alcohol motifs (C(OH)–C–C–N with tert-alkyl or cyclic N) is 1. The second-order valence-corrected chi connectivity index (χ2v) is 3.59. The normalized spacial score (nSPS) is 19.7. The first-order chi connectivity index (χ1) is 8.22. The number of aliphatic hydroxyl groups excluding tert-OH is 1. The monoisotopic (exact) mass is 239 g/mol. The van der Waals surface area contributed by atoms with Crippen molar-refractivity contribution in [2.45, 2.75) is 6.04 Å². The number of rotatable bonds is 4. The van der Waals surface area contributed by atoms with Crippen molar-refractivity contribution in [3.63, 3.8) is 0 Å². The van der Waals surface area contributed by atoms with Gasteiger partial charge in [0.1, 0.15) is 12.6 Å². The van der Waals surface area contributed by atoms with Crippen molar-refractivity contribution in [2.24, 2.45) is 0 Å². The fourth-order valence-electron chi connectivity index (χ4n) is 1.55. The van der Waals surface area contributed by atoms with Crippen LogP contribution < -0.4 is 5.32 Å². The SMILES string of the molecule is O=C(N[C@@H]1CON(CCO)C1=O)c1cc[nH]c1. The number of H-pyrrole nitrogens is 1. The number of carbonyl (C=O) groups is 2. The van der Waals surface area contributed by atoms with Crippen molar-refractivity contribution in [3.05, 3.63) is 24.0 Å². The zero-order valence-corrected chi connectivity index (χ0v) is 9.05. The molecule has 0 saturated carbocycles. The van der Waals surface area contributed by atoms with E-state index in [1.54, 1.807) is 18.5 Å². The molecule has 0 unspecified atom stereocenters. The van der Waals surface area contributed by atoms with Gasteiger partial charge in [-0.3, -0.25) is 14.4 Å². The van der Waals surface area contributed by atoms with Crippen LogP contribution in [0, 0.1) is 0 Å². The predicted molar refractivity (Wildman–Crippen MR) is 56.8 cm³/mol. The highest BCUT2D eigenvalue weighted by molar-refractivity contribution is 5.97. The fraction of sp³-hybridized carbons (Fsp3) is 0.400. The molecular weight excluding hydrogens is 226 g/mol. The molecule has 1 fully saturated rings. The molecule has 7 heteroatoms. The van der Waals surface area contributed by atoms with E-state index in [9.17, 15) is 9.59 Å². The number of hydroxylamine groups is 2. The Morgan fingerprint density at radius 1 is 1.71 bits per heavy atom. The summed E-state index contributed by atoms with van der Waals surface area (Å²) in [5, 5.41) is 12.3. The molecule has 3 N–H and O–H groups in total. The summed E-state index contributed by atoms with van der Waals surface area (Å²) in [5.74, 6) is -0.679. The fourth-order valence-corrected chi connectivity index (χ4v) is 1.55. The van der Waals surface area contributed by atoms with Gasteiger partial charge in [-0.2, -0.15) is 0 Å². The molecule has 1 aliphatic heterocycles. The molecule has 0 radical (unpaired) electrons. The number of nitrogens with one attached hydrogen (secondary N) is 2. The van der Waals surface area contributed by atoms with Gasteiger partial charge in [0.05, 0.1) is 18.7 Å². The molecule has 1 aromatic rings. The molecule has 2 heterocycles. The smallest absolute Gasteiger partial charge is 0.271 e. The van der Waals surface area contributed by atoms with Gasteiger partial charge in [-0.1, -0.05) is 0 Å². The first-order valence-corrected chi connectivity index (χ1v) is 5.21. The third kappa shape index (κ3) is 2.45. The lowest BCUT2D eigenvalue weighted by molar-refractivity contribution is -0.163. The van der Waals surface area contributed by atoms with E-state index < -0.39 is 6.04 Å². The number of nitrogens with zero attached hydrogens (tertiary/aromatic N) is 1. The second kappa shape index (κ2) is 4.98. The lowest BCUT2D eigenvalue weighted by atomic mass is 10.2. The minimum absolute atomic E-state index is 0.0923. The van der Waals surface area contributed by atoms with E-state index in [2.05, 4.69) is 10.3 Å². The van der Waals surface area contributed by atoms with Crippen LogP contribution >= 0.6 is 0 Å². The third-order valence-electron chi connectivity index (χ3n) is 2.41. The van der Waals surface area contributed by atoms with Gasteiger partial charge in [0.15, 0.2) is 0 Å². The van der Waals surface area contributed by atoms with Gasteiger partial charge in [-0.15, -0.1) is 0 Å². The second-order valence-electron chi connectivity index (χ2n) is 3.59. The van der Waals surface area contributed by atoms with Crippen LogP contribution in [-0.4, -0.2) is 52.8 Å². The Balaban J connectivity index is 1.93. The Morgan fingerprint density at radius 3 is 3.18 bits per heavy atom. The standard InChI is InChI=1S/C10H13N3O4/c14-4-3-13-10(16)8(6-17-13)12-9(15)7-1-2-11-5-7/h1-2,5,8,11,14H,3-4,6H2,(H,12,15)/t8-/m1/s1. The number of amides is 2. The van der Waals surface area contributed by atoms with Crippen LogP contribution in [0.4, 0.5) is 0 Å². The number of aromatic nitrogens is 1. The van der Waals surface area contributed by atoms with Crippen molar-refractivity contribution in [3.8, 4) is 0 Å². The lowest BCUT2D eigenvalue weighted by Gasteiger charge is -2.12. The van der Waals surface area contributed by atoms with Crippen molar-refractivity contribution in [2.75, 3.05) is 19.8 Å². The maximum atomic E-state index is 11.7. The highest BCUT2D eigenvalue weighted by Crippen LogP contribution is 2.08. The number of carbonyl (C=O) groups excluding carboxylic acids is 2. The highest BCUT2D eigenvalue weighted by Gasteiger charge is 2.34. The zero-order chi connectivity index (χ0) is 12.3. The summed E-state index contributed by atoms with van der Waals surface area (Å²) >= 11 is 0. The van der Waals surface area contributed by atoms with Crippen LogP contribution in [-0.2, 0) is 9.63 Å². The average Bonchev–Trinajstić information content (AvgIpc) is 2.94. The number of aliphatic hydroxyl groups is 1. The molecule has 2 amide bonds. The van der Waals surface area contributed by atoms with Gasteiger partial charge < -0.3 is 15.4 Å². The van der Waals surface area contributed by atoms with E-state index in [0.29, 0.717) is 5.56 Å². The average molecular weight is 239 g/mol. The minimum Gasteiger partial charge on any atom is -0.394 e. The quantitative estimate of drug-likeness (QED) is 0.620. The number of hydrogen-bond acceptors (Lipinski definition) is 4. The summed E-state index contributed by atoms with van der Waals surface area (Å²) in [6.45, 7) is 0.0224. The number of hydrogen-bond donors (Lipinski definition) is 3. The lowest BCUT2D eigenvalue weighted by Crippen LogP contribution is -2.43. The van der Waals surface area contributed by atoms with Crippen LogP contribution in [0.3, 0.4) is 0 Å². The van der Waals surface area contributed by atoms with Gasteiger partial charge in [0.25, 0.3) is 11.8 Å². The van der Waals surface area contributed by atoms with Crippen LogP contribution in [0.25, 0.3) is 0 Å². The summed E-state index contributed by atoms with van der Waals surface area (Å²) in [5.41, 5.74) is 0.457. The summed E-state index contributed by atoms with van der Waals surface area (Å²) in [4.78, 5) is 31.1. The summed E-state index contributed by atoms with van der Waals surface area (Å²) in [6, 6.07) is 0.921. The Kier molecular flexibility index (Phi) is 3.40. The largest absolute Gasteiger partial charge is 0.394 e. The van der Waals surface area contributed by atoms with Crippen LogP contribution in [0.5, 0.6) is 0 Å². The van der Waals surface area contributed by atoms with Crippen LogP contribution in [0.2, 0.25) is 0 Å². The van der Waals surface area contributed by atoms with Crippen LogP contribution in [0.15, 0.2) is 18.5 Å². The zero-order valence-electron chi connectivity index (χ0n) is 9.05. The topological polar surface area (TPSA) is 94.7 Å². The van der Waals surface area contributed by atoms with Gasteiger partial charge in [0, 0.05) is 12.4 Å². The Bertz CT molecular complexity index is 404.